The van der Waals surface area contributed by atoms with Crippen LogP contribution in [0.3, 0.4) is 0 Å². The van der Waals surface area contributed by atoms with Crippen molar-refractivity contribution in [1.29, 1.82) is 0 Å². The first-order chi connectivity index (χ1) is 7.70. The van der Waals surface area contributed by atoms with Crippen molar-refractivity contribution in [3.63, 3.8) is 0 Å². The molecule has 2 atom stereocenters. The van der Waals surface area contributed by atoms with Crippen LogP contribution in [0.2, 0.25) is 0 Å². The number of hydrogen-bond donors (Lipinski definition) is 2. The van der Waals surface area contributed by atoms with Gasteiger partial charge in [0, 0.05) is 19.7 Å². The summed E-state index contributed by atoms with van der Waals surface area (Å²) < 4.78 is 4.87. The molecule has 1 rings (SSSR count). The van der Waals surface area contributed by atoms with Gasteiger partial charge in [-0.2, -0.15) is 0 Å². The van der Waals surface area contributed by atoms with E-state index < -0.39 is 0 Å². The van der Waals surface area contributed by atoms with Gasteiger partial charge < -0.3 is 15.2 Å². The fraction of sp³-hybridized carbons (Fsp3) is 0.909. The van der Waals surface area contributed by atoms with E-state index in [1.54, 1.807) is 7.11 Å². The highest BCUT2D eigenvalue weighted by Crippen LogP contribution is 2.19. The predicted octanol–water partition coefficient (Wildman–Crippen LogP) is -0.406. The average Bonchev–Trinajstić information content (AvgIpc) is 2.76. The fourth-order valence-corrected chi connectivity index (χ4v) is 2.14. The fourth-order valence-electron chi connectivity index (χ4n) is 2.14. The summed E-state index contributed by atoms with van der Waals surface area (Å²) in [6.45, 7) is 3.98. The lowest BCUT2D eigenvalue weighted by Gasteiger charge is -2.28. The van der Waals surface area contributed by atoms with Crippen LogP contribution in [0.15, 0.2) is 0 Å². The van der Waals surface area contributed by atoms with E-state index in [0.29, 0.717) is 13.2 Å². The molecule has 94 valence electrons. The van der Waals surface area contributed by atoms with E-state index in [2.05, 4.69) is 10.2 Å². The first-order valence-electron chi connectivity index (χ1n) is 5.84. The largest absolute Gasteiger partial charge is 0.395 e. The van der Waals surface area contributed by atoms with Crippen LogP contribution in [0, 0.1) is 0 Å². The minimum Gasteiger partial charge on any atom is -0.395 e. The summed E-state index contributed by atoms with van der Waals surface area (Å²) in [6.07, 6.45) is 2.03. The maximum absolute atomic E-state index is 11.8. The van der Waals surface area contributed by atoms with Gasteiger partial charge in [-0.3, -0.25) is 9.69 Å². The summed E-state index contributed by atoms with van der Waals surface area (Å²) in [5, 5.41) is 12.0. The maximum atomic E-state index is 11.8. The van der Waals surface area contributed by atoms with Gasteiger partial charge in [0.15, 0.2) is 0 Å². The smallest absolute Gasteiger partial charge is 0.237 e. The number of nitrogens with zero attached hydrogens (tertiary/aromatic N) is 1. The summed E-state index contributed by atoms with van der Waals surface area (Å²) in [4.78, 5) is 13.8. The molecule has 1 fully saturated rings. The molecular weight excluding hydrogens is 208 g/mol. The molecule has 1 aliphatic rings. The molecule has 0 aliphatic carbocycles. The topological polar surface area (TPSA) is 61.8 Å². The molecule has 0 spiro atoms. The van der Waals surface area contributed by atoms with E-state index in [4.69, 9.17) is 4.74 Å². The molecule has 0 bridgehead atoms. The van der Waals surface area contributed by atoms with Crippen molar-refractivity contribution in [3.8, 4) is 0 Å². The Hall–Kier alpha value is -0.650. The molecule has 0 radical (unpaired) electrons. The van der Waals surface area contributed by atoms with E-state index in [9.17, 15) is 9.90 Å². The monoisotopic (exact) mass is 230 g/mol. The van der Waals surface area contributed by atoms with Gasteiger partial charge in [-0.15, -0.1) is 0 Å². The highest BCUT2D eigenvalue weighted by atomic mass is 16.5. The zero-order valence-corrected chi connectivity index (χ0v) is 10.1. The van der Waals surface area contributed by atoms with Crippen LogP contribution in [0.4, 0.5) is 0 Å². The quantitative estimate of drug-likeness (QED) is 0.609. The summed E-state index contributed by atoms with van der Waals surface area (Å²) in [6, 6.07) is -0.0281. The van der Waals surface area contributed by atoms with Crippen LogP contribution in [0.25, 0.3) is 0 Å². The molecule has 0 saturated carbocycles. The van der Waals surface area contributed by atoms with E-state index in [1.165, 1.54) is 0 Å². The Bertz CT molecular complexity index is 223. The average molecular weight is 230 g/mol. The van der Waals surface area contributed by atoms with Crippen molar-refractivity contribution in [3.05, 3.63) is 0 Å². The minimum absolute atomic E-state index is 0.0115. The zero-order valence-electron chi connectivity index (χ0n) is 10.1. The number of aliphatic hydroxyl groups excluding tert-OH is 1. The van der Waals surface area contributed by atoms with Gasteiger partial charge >= 0.3 is 0 Å². The number of carbonyl (C=O) groups is 1. The standard InChI is InChI=1S/C11H22N2O3/c1-9(11(15)12-5-7-16-2)13-6-3-4-10(13)8-14/h9-10,14H,3-8H2,1-2H3,(H,12,15)/t9?,10-/m0/s1. The van der Waals surface area contributed by atoms with Crippen molar-refractivity contribution >= 4 is 5.91 Å². The second-order valence-electron chi connectivity index (χ2n) is 4.18. The molecule has 1 amide bonds. The Labute approximate surface area is 96.8 Å². The third kappa shape index (κ3) is 3.43. The molecule has 1 saturated heterocycles. The van der Waals surface area contributed by atoms with Crippen LogP contribution in [-0.4, -0.2) is 61.4 Å². The Balaban J connectivity index is 2.37. The van der Waals surface area contributed by atoms with Crippen LogP contribution in [0.1, 0.15) is 19.8 Å². The Morgan fingerprint density at radius 1 is 1.69 bits per heavy atom. The van der Waals surface area contributed by atoms with Gasteiger partial charge in [-0.25, -0.2) is 0 Å². The van der Waals surface area contributed by atoms with Crippen molar-refractivity contribution in [2.75, 3.05) is 33.4 Å². The summed E-state index contributed by atoms with van der Waals surface area (Å²) in [5.74, 6) is 0.0115. The van der Waals surface area contributed by atoms with Gasteiger partial charge in [-0.1, -0.05) is 0 Å². The lowest BCUT2D eigenvalue weighted by molar-refractivity contribution is -0.126. The first-order valence-corrected chi connectivity index (χ1v) is 5.84. The normalized spacial score (nSPS) is 23.3. The molecule has 5 heteroatoms. The highest BCUT2D eigenvalue weighted by Gasteiger charge is 2.31. The van der Waals surface area contributed by atoms with Gasteiger partial charge in [0.1, 0.15) is 0 Å². The Kier molecular flexibility index (Phi) is 5.73. The lowest BCUT2D eigenvalue weighted by Crippen LogP contribution is -2.48. The summed E-state index contributed by atoms with van der Waals surface area (Å²) in [7, 11) is 1.61. The SMILES string of the molecule is COCCNC(=O)C(C)N1CCC[C@H]1CO. The number of hydrogen-bond acceptors (Lipinski definition) is 4. The third-order valence-corrected chi connectivity index (χ3v) is 3.12. The molecule has 1 unspecified atom stereocenters. The number of amides is 1. The molecule has 2 N–H and O–H groups in total. The number of aliphatic hydroxyl groups is 1. The molecule has 1 aliphatic heterocycles. The van der Waals surface area contributed by atoms with Crippen molar-refractivity contribution < 1.29 is 14.6 Å². The van der Waals surface area contributed by atoms with Crippen LogP contribution in [-0.2, 0) is 9.53 Å². The van der Waals surface area contributed by atoms with E-state index in [1.807, 2.05) is 6.92 Å². The molecule has 5 nitrogen and oxygen atoms in total. The first kappa shape index (κ1) is 13.4. The summed E-state index contributed by atoms with van der Waals surface area (Å²) >= 11 is 0. The second kappa shape index (κ2) is 6.83. The lowest BCUT2D eigenvalue weighted by atomic mass is 10.2. The maximum Gasteiger partial charge on any atom is 0.237 e. The second-order valence-corrected chi connectivity index (χ2v) is 4.18. The number of carbonyl (C=O) groups excluding carboxylic acids is 1. The van der Waals surface area contributed by atoms with Crippen LogP contribution < -0.4 is 5.32 Å². The van der Waals surface area contributed by atoms with Gasteiger partial charge in [0.05, 0.1) is 19.3 Å². The number of nitrogens with one attached hydrogen (secondary N) is 1. The molecule has 0 aromatic carbocycles. The molecular formula is C11H22N2O3. The Morgan fingerprint density at radius 3 is 3.06 bits per heavy atom. The number of likely N-dealkylation sites (tertiary alicyclic amines) is 1. The number of rotatable bonds is 6. The molecule has 1 heterocycles. The number of methoxy groups -OCH3 is 1. The predicted molar refractivity (Wildman–Crippen MR) is 61.2 cm³/mol. The van der Waals surface area contributed by atoms with E-state index in [-0.39, 0.29) is 24.6 Å². The van der Waals surface area contributed by atoms with Gasteiger partial charge in [0.25, 0.3) is 0 Å². The van der Waals surface area contributed by atoms with Gasteiger partial charge in [0.2, 0.25) is 5.91 Å². The van der Waals surface area contributed by atoms with E-state index in [0.717, 1.165) is 19.4 Å². The van der Waals surface area contributed by atoms with Gasteiger partial charge in [-0.05, 0) is 26.3 Å². The van der Waals surface area contributed by atoms with Crippen molar-refractivity contribution in [1.82, 2.24) is 10.2 Å². The van der Waals surface area contributed by atoms with E-state index >= 15 is 0 Å². The molecule has 16 heavy (non-hydrogen) atoms. The highest BCUT2D eigenvalue weighted by molar-refractivity contribution is 5.81. The minimum atomic E-state index is -0.170. The third-order valence-electron chi connectivity index (χ3n) is 3.12. The molecule has 0 aromatic rings. The van der Waals surface area contributed by atoms with Crippen LogP contribution in [0.5, 0.6) is 0 Å². The summed E-state index contributed by atoms with van der Waals surface area (Å²) in [5.41, 5.74) is 0. The Morgan fingerprint density at radius 2 is 2.44 bits per heavy atom. The molecule has 0 aromatic heterocycles. The van der Waals surface area contributed by atoms with Crippen molar-refractivity contribution in [2.24, 2.45) is 0 Å². The van der Waals surface area contributed by atoms with Crippen LogP contribution >= 0.6 is 0 Å². The van der Waals surface area contributed by atoms with Crippen molar-refractivity contribution in [2.45, 2.75) is 31.8 Å². The zero-order chi connectivity index (χ0) is 12.0. The number of ether oxygens (including phenoxy) is 1.